The molecule has 33 heavy (non-hydrogen) atoms. The molecular weight excluding hydrogens is 410 g/mol. The predicted molar refractivity (Wildman–Crippen MR) is 132 cm³/mol. The Kier molecular flexibility index (Phi) is 7.69. The number of hydrogen-bond acceptors (Lipinski definition) is 4. The molecule has 1 saturated carbocycles. The number of carbonyl (C=O) groups excluding carboxylic acids is 1. The van der Waals surface area contributed by atoms with Gasteiger partial charge in [-0.15, -0.1) is 0 Å². The predicted octanol–water partition coefficient (Wildman–Crippen LogP) is 5.52. The van der Waals surface area contributed by atoms with Crippen molar-refractivity contribution in [2.45, 2.75) is 78.0 Å². The van der Waals surface area contributed by atoms with Crippen molar-refractivity contribution in [3.63, 3.8) is 0 Å². The van der Waals surface area contributed by atoms with E-state index in [1.807, 2.05) is 45.2 Å². The number of pyridine rings is 1. The highest BCUT2D eigenvalue weighted by Crippen LogP contribution is 2.32. The highest BCUT2D eigenvalue weighted by Gasteiger charge is 2.33. The third-order valence-electron chi connectivity index (χ3n) is 6.95. The van der Waals surface area contributed by atoms with Gasteiger partial charge in [-0.25, -0.2) is 0 Å². The minimum absolute atomic E-state index is 0.0746. The van der Waals surface area contributed by atoms with E-state index in [0.717, 1.165) is 43.9 Å². The van der Waals surface area contributed by atoms with Crippen LogP contribution >= 0.6 is 0 Å². The van der Waals surface area contributed by atoms with Crippen LogP contribution in [0.25, 0.3) is 0 Å². The van der Waals surface area contributed by atoms with Gasteiger partial charge in [-0.2, -0.15) is 0 Å². The molecule has 2 aliphatic rings. The molecule has 1 aromatic carbocycles. The summed E-state index contributed by atoms with van der Waals surface area (Å²) in [6.45, 7) is 8.77. The van der Waals surface area contributed by atoms with Crippen LogP contribution in [0.2, 0.25) is 0 Å². The highest BCUT2D eigenvalue weighted by atomic mass is 16.5. The average molecular weight is 450 g/mol. The normalized spacial score (nSPS) is 21.0. The maximum Gasteiger partial charge on any atom is 0.225 e. The molecule has 2 heterocycles. The van der Waals surface area contributed by atoms with Crippen LogP contribution < -0.4 is 10.1 Å². The van der Waals surface area contributed by atoms with Gasteiger partial charge in [-0.1, -0.05) is 45.0 Å². The van der Waals surface area contributed by atoms with E-state index in [1.165, 1.54) is 31.2 Å². The summed E-state index contributed by atoms with van der Waals surface area (Å²) in [6, 6.07) is 14.4. The Hall–Kier alpha value is -2.40. The molecule has 1 saturated heterocycles. The van der Waals surface area contributed by atoms with Gasteiger partial charge in [0, 0.05) is 30.3 Å². The summed E-state index contributed by atoms with van der Waals surface area (Å²) >= 11 is 0. The van der Waals surface area contributed by atoms with Gasteiger partial charge >= 0.3 is 0 Å². The third kappa shape index (κ3) is 6.35. The zero-order chi connectivity index (χ0) is 23.3. The van der Waals surface area contributed by atoms with Crippen molar-refractivity contribution in [2.75, 3.05) is 13.1 Å². The number of amides is 1. The zero-order valence-electron chi connectivity index (χ0n) is 20.4. The molecule has 1 aliphatic heterocycles. The molecular formula is C28H39N3O2. The lowest BCUT2D eigenvalue weighted by Gasteiger charge is -2.38. The third-order valence-corrected chi connectivity index (χ3v) is 6.95. The van der Waals surface area contributed by atoms with Gasteiger partial charge in [-0.3, -0.25) is 14.7 Å². The summed E-state index contributed by atoms with van der Waals surface area (Å²) in [6.07, 6.45) is 9.27. The fraction of sp³-hybridized carbons (Fsp3) is 0.571. The molecule has 1 aromatic heterocycles. The molecule has 0 bridgehead atoms. The molecule has 4 rings (SSSR count). The van der Waals surface area contributed by atoms with Crippen molar-refractivity contribution in [3.8, 4) is 5.75 Å². The number of aromatic nitrogens is 1. The summed E-state index contributed by atoms with van der Waals surface area (Å²) in [5.41, 5.74) is 1.78. The largest absolute Gasteiger partial charge is 0.490 e. The minimum atomic E-state index is -0.433. The number of carbonyl (C=O) groups is 1. The van der Waals surface area contributed by atoms with Crippen molar-refractivity contribution in [1.82, 2.24) is 15.2 Å². The first-order chi connectivity index (χ1) is 15.9. The number of rotatable bonds is 7. The summed E-state index contributed by atoms with van der Waals surface area (Å²) in [5, 5.41) is 3.33. The van der Waals surface area contributed by atoms with Crippen LogP contribution in [0.3, 0.4) is 0 Å². The second-order valence-corrected chi connectivity index (χ2v) is 10.7. The lowest BCUT2D eigenvalue weighted by Crippen LogP contribution is -2.45. The van der Waals surface area contributed by atoms with Crippen LogP contribution in [0.4, 0.5) is 0 Å². The fourth-order valence-corrected chi connectivity index (χ4v) is 5.03. The smallest absolute Gasteiger partial charge is 0.225 e. The van der Waals surface area contributed by atoms with E-state index in [2.05, 4.69) is 39.5 Å². The van der Waals surface area contributed by atoms with Gasteiger partial charge in [0.1, 0.15) is 5.75 Å². The lowest BCUT2D eigenvalue weighted by molar-refractivity contribution is -0.130. The minimum Gasteiger partial charge on any atom is -0.490 e. The number of nitrogens with one attached hydrogen (secondary N) is 1. The Morgan fingerprint density at radius 1 is 1.09 bits per heavy atom. The molecule has 2 aromatic rings. The average Bonchev–Trinajstić information content (AvgIpc) is 3.32. The standard InChI is InChI=1S/C28H39N3O2/c1-28(2,3)27(32)30-26(24-15-8-9-17-29-24)22-12-10-18-31(20-22)19-21-11-4-7-16-25(21)33-23-13-5-6-14-23/h4,7-9,11,15-17,22-23,26H,5-6,10,12-14,18-20H2,1-3H3,(H,30,32)/t22-,26+/m0/s1. The van der Waals surface area contributed by atoms with Crippen LogP contribution in [0.15, 0.2) is 48.7 Å². The number of ether oxygens (including phenoxy) is 1. The number of benzene rings is 1. The van der Waals surface area contributed by atoms with E-state index < -0.39 is 5.41 Å². The lowest BCUT2D eigenvalue weighted by atomic mass is 9.86. The molecule has 5 heteroatoms. The Morgan fingerprint density at radius 3 is 2.58 bits per heavy atom. The van der Waals surface area contributed by atoms with Crippen LogP contribution in [0.5, 0.6) is 5.75 Å². The molecule has 2 atom stereocenters. The Balaban J connectivity index is 1.48. The monoisotopic (exact) mass is 449 g/mol. The molecule has 1 aliphatic carbocycles. The SMILES string of the molecule is CC(C)(C)C(=O)N[C@@H](c1ccccn1)[C@H]1CCCN(Cc2ccccc2OC2CCCC2)C1. The van der Waals surface area contributed by atoms with Crippen molar-refractivity contribution >= 4 is 5.91 Å². The second-order valence-electron chi connectivity index (χ2n) is 10.7. The van der Waals surface area contributed by atoms with Gasteiger partial charge in [0.05, 0.1) is 17.8 Å². The maximum atomic E-state index is 12.9. The number of hydrogen-bond donors (Lipinski definition) is 1. The topological polar surface area (TPSA) is 54.5 Å². The van der Waals surface area contributed by atoms with Crippen LogP contribution in [0, 0.1) is 11.3 Å². The van der Waals surface area contributed by atoms with E-state index in [9.17, 15) is 4.79 Å². The number of para-hydroxylation sites is 1. The van der Waals surface area contributed by atoms with Crippen molar-refractivity contribution in [2.24, 2.45) is 11.3 Å². The molecule has 5 nitrogen and oxygen atoms in total. The number of likely N-dealkylation sites (tertiary alicyclic amines) is 1. The molecule has 1 amide bonds. The first-order valence-corrected chi connectivity index (χ1v) is 12.6. The molecule has 0 unspecified atom stereocenters. The Morgan fingerprint density at radius 2 is 1.85 bits per heavy atom. The van der Waals surface area contributed by atoms with Gasteiger partial charge in [-0.05, 0) is 69.2 Å². The Labute approximate surface area is 198 Å². The zero-order valence-corrected chi connectivity index (χ0v) is 20.4. The highest BCUT2D eigenvalue weighted by molar-refractivity contribution is 5.81. The van der Waals surface area contributed by atoms with Crippen molar-refractivity contribution < 1.29 is 9.53 Å². The maximum absolute atomic E-state index is 12.9. The number of piperidine rings is 1. The van der Waals surface area contributed by atoms with E-state index >= 15 is 0 Å². The molecule has 2 fully saturated rings. The first kappa shape index (κ1) is 23.7. The van der Waals surface area contributed by atoms with Crippen LogP contribution in [-0.4, -0.2) is 35.0 Å². The molecule has 0 radical (unpaired) electrons. The Bertz CT molecular complexity index is 903. The van der Waals surface area contributed by atoms with Gasteiger partial charge < -0.3 is 10.1 Å². The van der Waals surface area contributed by atoms with Gasteiger partial charge in [0.15, 0.2) is 0 Å². The van der Waals surface area contributed by atoms with Crippen LogP contribution in [0.1, 0.15) is 76.6 Å². The van der Waals surface area contributed by atoms with Crippen molar-refractivity contribution in [3.05, 3.63) is 59.9 Å². The van der Waals surface area contributed by atoms with E-state index in [1.54, 1.807) is 0 Å². The summed E-state index contributed by atoms with van der Waals surface area (Å²) in [7, 11) is 0. The van der Waals surface area contributed by atoms with Gasteiger partial charge in [0.25, 0.3) is 0 Å². The van der Waals surface area contributed by atoms with Crippen LogP contribution in [-0.2, 0) is 11.3 Å². The summed E-state index contributed by atoms with van der Waals surface area (Å²) < 4.78 is 6.39. The van der Waals surface area contributed by atoms with E-state index in [4.69, 9.17) is 4.74 Å². The quantitative estimate of drug-likeness (QED) is 0.605. The first-order valence-electron chi connectivity index (χ1n) is 12.6. The summed E-state index contributed by atoms with van der Waals surface area (Å²) in [5.74, 6) is 1.43. The fourth-order valence-electron chi connectivity index (χ4n) is 5.03. The van der Waals surface area contributed by atoms with E-state index in [-0.39, 0.29) is 11.9 Å². The summed E-state index contributed by atoms with van der Waals surface area (Å²) in [4.78, 5) is 20.0. The second kappa shape index (κ2) is 10.7. The molecule has 1 N–H and O–H groups in total. The van der Waals surface area contributed by atoms with Gasteiger partial charge in [0.2, 0.25) is 5.91 Å². The van der Waals surface area contributed by atoms with Crippen molar-refractivity contribution in [1.29, 1.82) is 0 Å². The number of nitrogens with zero attached hydrogens (tertiary/aromatic N) is 2. The van der Waals surface area contributed by atoms with E-state index in [0.29, 0.717) is 12.0 Å². The molecule has 178 valence electrons. The molecule has 0 spiro atoms.